The molecule has 0 radical (unpaired) electrons. The molecule has 0 aliphatic carbocycles. The highest BCUT2D eigenvalue weighted by molar-refractivity contribution is 5.94. The number of hydrogen-bond acceptors (Lipinski definition) is 4. The Morgan fingerprint density at radius 2 is 1.74 bits per heavy atom. The molecule has 3 rings (SSSR count). The van der Waals surface area contributed by atoms with Gasteiger partial charge in [0.2, 0.25) is 0 Å². The van der Waals surface area contributed by atoms with Crippen LogP contribution in [-0.2, 0) is 11.2 Å². The Labute approximate surface area is 179 Å². The molecular formula is C23H24F2N4O2. The van der Waals surface area contributed by atoms with E-state index in [1.807, 2.05) is 4.90 Å². The Morgan fingerprint density at radius 3 is 2.42 bits per heavy atom. The molecule has 0 bridgehead atoms. The third-order valence-corrected chi connectivity index (χ3v) is 4.88. The minimum atomic E-state index is -0.385. The second-order valence-corrected chi connectivity index (χ2v) is 7.25. The zero-order chi connectivity index (χ0) is 22.2. The van der Waals surface area contributed by atoms with E-state index in [1.165, 1.54) is 42.6 Å². The molecule has 1 aliphatic heterocycles. The van der Waals surface area contributed by atoms with E-state index in [9.17, 15) is 18.4 Å². The van der Waals surface area contributed by atoms with Crippen molar-refractivity contribution in [1.82, 2.24) is 15.2 Å². The van der Waals surface area contributed by atoms with Crippen LogP contribution < -0.4 is 5.43 Å². The summed E-state index contributed by atoms with van der Waals surface area (Å²) in [5.41, 5.74) is 4.21. The summed E-state index contributed by atoms with van der Waals surface area (Å²) in [6, 6.07) is 10.00. The van der Waals surface area contributed by atoms with Crippen molar-refractivity contribution in [2.45, 2.75) is 6.42 Å². The normalized spacial score (nSPS) is 14.6. The lowest BCUT2D eigenvalue weighted by atomic mass is 10.1. The van der Waals surface area contributed by atoms with E-state index in [0.717, 1.165) is 5.56 Å². The van der Waals surface area contributed by atoms with E-state index in [-0.39, 0.29) is 30.0 Å². The number of nitrogens with zero attached hydrogens (tertiary/aromatic N) is 3. The van der Waals surface area contributed by atoms with Crippen LogP contribution in [0.2, 0.25) is 0 Å². The highest BCUT2D eigenvalue weighted by Crippen LogP contribution is 2.10. The highest BCUT2D eigenvalue weighted by atomic mass is 19.1. The summed E-state index contributed by atoms with van der Waals surface area (Å²) in [6.45, 7) is 5.81. The fourth-order valence-corrected chi connectivity index (χ4v) is 3.34. The topological polar surface area (TPSA) is 65.0 Å². The van der Waals surface area contributed by atoms with Gasteiger partial charge in [-0.1, -0.05) is 6.08 Å². The molecule has 0 spiro atoms. The molecule has 6 nitrogen and oxygen atoms in total. The average Bonchev–Trinajstić information content (AvgIpc) is 2.74. The predicted molar refractivity (Wildman–Crippen MR) is 115 cm³/mol. The molecule has 1 fully saturated rings. The van der Waals surface area contributed by atoms with Gasteiger partial charge in [-0.3, -0.25) is 14.5 Å². The number of amides is 2. The fourth-order valence-electron chi connectivity index (χ4n) is 3.34. The first-order valence-corrected chi connectivity index (χ1v) is 9.94. The summed E-state index contributed by atoms with van der Waals surface area (Å²) in [5.74, 6) is -1.21. The van der Waals surface area contributed by atoms with E-state index in [0.29, 0.717) is 43.7 Å². The number of allylic oxidation sites excluding steroid dienone is 1. The molecule has 1 heterocycles. The second-order valence-electron chi connectivity index (χ2n) is 7.25. The number of carbonyl (C=O) groups excluding carboxylic acids is 2. The van der Waals surface area contributed by atoms with Crippen molar-refractivity contribution < 1.29 is 18.4 Å². The van der Waals surface area contributed by atoms with Crippen LogP contribution in [0.3, 0.4) is 0 Å². The first-order chi connectivity index (χ1) is 14.9. The molecule has 2 aromatic carbocycles. The fraction of sp³-hybridized carbons (Fsp3) is 0.261. The van der Waals surface area contributed by atoms with Crippen molar-refractivity contribution in [3.63, 3.8) is 0 Å². The summed E-state index contributed by atoms with van der Waals surface area (Å²) < 4.78 is 26.6. The van der Waals surface area contributed by atoms with Crippen LogP contribution in [0, 0.1) is 11.6 Å². The molecule has 0 saturated carbocycles. The van der Waals surface area contributed by atoms with Gasteiger partial charge in [-0.2, -0.15) is 5.10 Å². The molecule has 0 atom stereocenters. The van der Waals surface area contributed by atoms with Gasteiger partial charge in [0.1, 0.15) is 11.6 Å². The molecule has 162 valence electrons. The zero-order valence-electron chi connectivity index (χ0n) is 17.1. The minimum Gasteiger partial charge on any atom is -0.336 e. The van der Waals surface area contributed by atoms with E-state index in [2.05, 4.69) is 17.1 Å². The van der Waals surface area contributed by atoms with Crippen molar-refractivity contribution in [3.05, 3.63) is 83.4 Å². The van der Waals surface area contributed by atoms with Gasteiger partial charge >= 0.3 is 0 Å². The van der Waals surface area contributed by atoms with Gasteiger partial charge < -0.3 is 4.90 Å². The van der Waals surface area contributed by atoms with E-state index in [1.54, 1.807) is 17.0 Å². The molecule has 31 heavy (non-hydrogen) atoms. The lowest BCUT2D eigenvalue weighted by Crippen LogP contribution is -2.50. The van der Waals surface area contributed by atoms with E-state index < -0.39 is 0 Å². The third-order valence-electron chi connectivity index (χ3n) is 4.88. The largest absolute Gasteiger partial charge is 0.336 e. The van der Waals surface area contributed by atoms with Gasteiger partial charge in [0.15, 0.2) is 0 Å². The lowest BCUT2D eigenvalue weighted by Gasteiger charge is -2.34. The summed E-state index contributed by atoms with van der Waals surface area (Å²) >= 11 is 0. The molecule has 0 unspecified atom stereocenters. The maximum atomic E-state index is 13.6. The quantitative estimate of drug-likeness (QED) is 0.421. The number of hydrazone groups is 1. The Kier molecular flexibility index (Phi) is 7.61. The summed E-state index contributed by atoms with van der Waals surface area (Å²) in [4.78, 5) is 28.2. The van der Waals surface area contributed by atoms with Crippen molar-refractivity contribution in [2.75, 3.05) is 32.7 Å². The van der Waals surface area contributed by atoms with Crippen molar-refractivity contribution >= 4 is 18.0 Å². The van der Waals surface area contributed by atoms with Gasteiger partial charge in [0.05, 0.1) is 12.8 Å². The monoisotopic (exact) mass is 426 g/mol. The Morgan fingerprint density at radius 1 is 1.03 bits per heavy atom. The van der Waals surface area contributed by atoms with Gasteiger partial charge in [0, 0.05) is 31.7 Å². The molecule has 2 amide bonds. The molecule has 0 aromatic heterocycles. The average molecular weight is 426 g/mol. The van der Waals surface area contributed by atoms with Crippen LogP contribution in [0.25, 0.3) is 0 Å². The molecule has 8 heteroatoms. The summed E-state index contributed by atoms with van der Waals surface area (Å²) in [5, 5.41) is 3.90. The Balaban J connectivity index is 1.45. The predicted octanol–water partition coefficient (Wildman–Crippen LogP) is 2.60. The Hall–Kier alpha value is -3.39. The van der Waals surface area contributed by atoms with Gasteiger partial charge in [-0.25, -0.2) is 14.2 Å². The van der Waals surface area contributed by atoms with Crippen LogP contribution >= 0.6 is 0 Å². The van der Waals surface area contributed by atoms with Crippen LogP contribution in [-0.4, -0.2) is 60.6 Å². The van der Waals surface area contributed by atoms with E-state index in [4.69, 9.17) is 0 Å². The standard InChI is InChI=1S/C23H24F2N4O2/c1-2-3-17-12-18(14-21(25)13-17)15-26-27-22(30)16-28-8-10-29(11-9-28)23(31)19-4-6-20(24)7-5-19/h2,4-7,12-15H,1,3,8-11,16H2,(H,27,30)/b26-15+. The first-order valence-electron chi connectivity index (χ1n) is 9.94. The number of piperazine rings is 1. The van der Waals surface area contributed by atoms with Crippen LogP contribution in [0.4, 0.5) is 8.78 Å². The maximum Gasteiger partial charge on any atom is 0.254 e. The number of halogens is 2. The first kappa shape index (κ1) is 22.3. The van der Waals surface area contributed by atoms with E-state index >= 15 is 0 Å². The minimum absolute atomic E-state index is 0.140. The number of benzene rings is 2. The number of carbonyl (C=O) groups is 2. The molecule has 1 N–H and O–H groups in total. The van der Waals surface area contributed by atoms with Gasteiger partial charge in [-0.15, -0.1) is 6.58 Å². The van der Waals surface area contributed by atoms with Crippen molar-refractivity contribution in [3.8, 4) is 0 Å². The van der Waals surface area contributed by atoms with Crippen LogP contribution in [0.5, 0.6) is 0 Å². The van der Waals surface area contributed by atoms with Gasteiger partial charge in [0.25, 0.3) is 11.8 Å². The number of hydrogen-bond donors (Lipinski definition) is 1. The van der Waals surface area contributed by atoms with Crippen molar-refractivity contribution in [2.24, 2.45) is 5.10 Å². The number of rotatable bonds is 7. The number of nitrogens with one attached hydrogen (secondary N) is 1. The van der Waals surface area contributed by atoms with Crippen LogP contribution in [0.15, 0.2) is 60.2 Å². The lowest BCUT2D eigenvalue weighted by molar-refractivity contribution is -0.122. The smallest absolute Gasteiger partial charge is 0.254 e. The van der Waals surface area contributed by atoms with Crippen LogP contribution in [0.1, 0.15) is 21.5 Å². The second kappa shape index (κ2) is 10.6. The molecule has 2 aromatic rings. The summed E-state index contributed by atoms with van der Waals surface area (Å²) in [7, 11) is 0. The zero-order valence-corrected chi connectivity index (χ0v) is 17.1. The third kappa shape index (κ3) is 6.55. The molecule has 1 saturated heterocycles. The SMILES string of the molecule is C=CCc1cc(F)cc(/C=N/NC(=O)CN2CCN(C(=O)c3ccc(F)cc3)CC2)c1. The summed E-state index contributed by atoms with van der Waals surface area (Å²) in [6.07, 6.45) is 3.62. The highest BCUT2D eigenvalue weighted by Gasteiger charge is 2.23. The Bertz CT molecular complexity index is 968. The maximum absolute atomic E-state index is 13.6. The molecule has 1 aliphatic rings. The van der Waals surface area contributed by atoms with Gasteiger partial charge in [-0.05, 0) is 60.0 Å². The van der Waals surface area contributed by atoms with Crippen molar-refractivity contribution in [1.29, 1.82) is 0 Å². The molecular weight excluding hydrogens is 402 g/mol.